The number of rotatable bonds is 9. The van der Waals surface area contributed by atoms with Crippen LogP contribution >= 0.6 is 0 Å². The predicted molar refractivity (Wildman–Crippen MR) is 95.0 cm³/mol. The van der Waals surface area contributed by atoms with Gasteiger partial charge < -0.3 is 9.47 Å². The molecule has 1 saturated heterocycles. The molecule has 0 amide bonds. The molecule has 2 nitrogen and oxygen atoms in total. The van der Waals surface area contributed by atoms with Crippen LogP contribution < -0.4 is 0 Å². The molecule has 1 atom stereocenters. The van der Waals surface area contributed by atoms with Crippen LogP contribution in [-0.4, -0.2) is 63.4 Å². The van der Waals surface area contributed by atoms with Crippen LogP contribution in [-0.2, 0) is 9.47 Å². The molecule has 0 radical (unpaired) electrons. The first-order chi connectivity index (χ1) is 15.0. The third-order valence-corrected chi connectivity index (χ3v) is 7.32. The number of hydrogen-bond acceptors (Lipinski definition) is 2. The Balaban J connectivity index is 2.95. The predicted octanol–water partition coefficient (Wildman–Crippen LogP) is 6.91. The molecular formula is C18H21F13O2Si. The van der Waals surface area contributed by atoms with Crippen LogP contribution in [0, 0.1) is 11.5 Å². The largest absolute Gasteiger partial charge is 0.460 e. The molecule has 0 aromatic carbocycles. The summed E-state index contributed by atoms with van der Waals surface area (Å²) in [5.41, 5.74) is 2.46. The van der Waals surface area contributed by atoms with Crippen molar-refractivity contribution in [2.75, 3.05) is 13.2 Å². The fourth-order valence-electron chi connectivity index (χ4n) is 2.74. The topological polar surface area (TPSA) is 18.5 Å². The van der Waals surface area contributed by atoms with Gasteiger partial charge in [0.25, 0.3) is 0 Å². The zero-order valence-corrected chi connectivity index (χ0v) is 18.8. The van der Waals surface area contributed by atoms with Gasteiger partial charge in [-0.15, -0.1) is 5.54 Å². The van der Waals surface area contributed by atoms with E-state index in [2.05, 4.69) is 11.5 Å². The Bertz CT molecular complexity index is 747. The van der Waals surface area contributed by atoms with Crippen LogP contribution in [0.3, 0.4) is 0 Å². The summed E-state index contributed by atoms with van der Waals surface area (Å²) < 4.78 is 181. The van der Waals surface area contributed by atoms with E-state index in [1.165, 1.54) is 13.1 Å². The summed E-state index contributed by atoms with van der Waals surface area (Å²) in [7, 11) is -3.21. The van der Waals surface area contributed by atoms with E-state index < -0.39 is 62.6 Å². The minimum Gasteiger partial charge on any atom is -0.353 e. The van der Waals surface area contributed by atoms with Gasteiger partial charge in [0.2, 0.25) is 0 Å². The average Bonchev–Trinajstić information content (AvgIpc) is 2.69. The van der Waals surface area contributed by atoms with E-state index in [0.717, 1.165) is 12.8 Å². The second-order valence-electron chi connectivity index (χ2n) is 8.29. The van der Waals surface area contributed by atoms with Crippen molar-refractivity contribution in [2.24, 2.45) is 0 Å². The minimum absolute atomic E-state index is 0.246. The molecule has 0 aromatic rings. The lowest BCUT2D eigenvalue weighted by molar-refractivity contribution is -0.439. The second kappa shape index (κ2) is 10.0. The highest BCUT2D eigenvalue weighted by Crippen LogP contribution is 2.60. The molecule has 1 heterocycles. The standard InChI is InChI=1S/C18H21F13O2Si/c1-34(2,10-5-9-33-12-6-3-4-8-32-12)11-7-13(19,20)14(21,22)15(23,24)16(25,26)17(27,28)18(29,30)31/h12H,3-4,6-9,11H2,1-2H3. The Morgan fingerprint density at radius 1 is 0.794 bits per heavy atom. The highest BCUT2D eigenvalue weighted by atomic mass is 28.3. The smallest absolute Gasteiger partial charge is 0.353 e. The Morgan fingerprint density at radius 3 is 1.79 bits per heavy atom. The van der Waals surface area contributed by atoms with Crippen molar-refractivity contribution in [2.45, 2.75) is 86.9 Å². The SMILES string of the molecule is C[Si](C)(C#CCOC1CCCCO1)CCC(F)(F)C(F)(F)C(F)(F)C(F)(F)C(F)(F)C(F)(F)F. The maximum absolute atomic E-state index is 13.9. The van der Waals surface area contributed by atoms with Gasteiger partial charge >= 0.3 is 35.8 Å². The lowest BCUT2D eigenvalue weighted by atomic mass is 9.93. The molecule has 1 aliphatic heterocycles. The van der Waals surface area contributed by atoms with Gasteiger partial charge in [0.15, 0.2) is 6.29 Å². The van der Waals surface area contributed by atoms with Crippen molar-refractivity contribution in [3.05, 3.63) is 0 Å². The summed E-state index contributed by atoms with van der Waals surface area (Å²) in [6.45, 7) is 2.66. The maximum Gasteiger partial charge on any atom is 0.460 e. The van der Waals surface area contributed by atoms with E-state index in [1.807, 2.05) is 0 Å². The Kier molecular flexibility index (Phi) is 9.10. The van der Waals surface area contributed by atoms with Crippen LogP contribution in [0.4, 0.5) is 57.1 Å². The van der Waals surface area contributed by atoms with Crippen molar-refractivity contribution in [3.63, 3.8) is 0 Å². The maximum atomic E-state index is 13.9. The first-order valence-corrected chi connectivity index (χ1v) is 12.9. The number of halogens is 13. The van der Waals surface area contributed by atoms with Crippen LogP contribution in [0.5, 0.6) is 0 Å². The van der Waals surface area contributed by atoms with E-state index in [-0.39, 0.29) is 6.61 Å². The molecule has 200 valence electrons. The van der Waals surface area contributed by atoms with Crippen LogP contribution in [0.2, 0.25) is 19.1 Å². The van der Waals surface area contributed by atoms with E-state index in [9.17, 15) is 57.1 Å². The molecule has 1 fully saturated rings. The molecule has 0 bridgehead atoms. The Morgan fingerprint density at radius 2 is 1.32 bits per heavy atom. The van der Waals surface area contributed by atoms with E-state index in [4.69, 9.17) is 9.47 Å². The number of ether oxygens (including phenoxy) is 2. The molecule has 1 rings (SSSR count). The van der Waals surface area contributed by atoms with E-state index in [0.29, 0.717) is 13.0 Å². The number of hydrogen-bond donors (Lipinski definition) is 0. The highest BCUT2D eigenvalue weighted by Gasteiger charge is 2.90. The lowest BCUT2D eigenvalue weighted by Gasteiger charge is -2.40. The van der Waals surface area contributed by atoms with E-state index >= 15 is 0 Å². The molecular weight excluding hydrogens is 523 g/mol. The third-order valence-electron chi connectivity index (χ3n) is 4.97. The molecule has 0 aliphatic carbocycles. The molecule has 16 heteroatoms. The molecule has 1 unspecified atom stereocenters. The van der Waals surface area contributed by atoms with Gasteiger partial charge in [0.1, 0.15) is 14.7 Å². The van der Waals surface area contributed by atoms with E-state index in [1.54, 1.807) is 0 Å². The molecule has 0 N–H and O–H groups in total. The first kappa shape index (κ1) is 30.8. The van der Waals surface area contributed by atoms with Crippen LogP contribution in [0.25, 0.3) is 0 Å². The van der Waals surface area contributed by atoms with Gasteiger partial charge in [-0.2, -0.15) is 57.1 Å². The van der Waals surface area contributed by atoms with Crippen molar-refractivity contribution >= 4 is 8.07 Å². The fourth-order valence-corrected chi connectivity index (χ4v) is 4.36. The van der Waals surface area contributed by atoms with Gasteiger partial charge in [0.05, 0.1) is 0 Å². The zero-order chi connectivity index (χ0) is 26.9. The van der Waals surface area contributed by atoms with Crippen LogP contribution in [0.1, 0.15) is 25.7 Å². The van der Waals surface area contributed by atoms with Crippen molar-refractivity contribution < 1.29 is 66.5 Å². The van der Waals surface area contributed by atoms with Gasteiger partial charge in [-0.1, -0.05) is 19.0 Å². The summed E-state index contributed by atoms with van der Waals surface area (Å²) in [6, 6.07) is -1.00. The van der Waals surface area contributed by atoms with Gasteiger partial charge in [-0.25, -0.2) is 0 Å². The van der Waals surface area contributed by atoms with Crippen molar-refractivity contribution in [1.29, 1.82) is 0 Å². The zero-order valence-electron chi connectivity index (χ0n) is 17.8. The summed E-state index contributed by atoms with van der Waals surface area (Å²) in [4.78, 5) is 0. The molecule has 1 aliphatic rings. The number of alkyl halides is 13. The summed E-state index contributed by atoms with van der Waals surface area (Å²) in [5.74, 6) is -34.3. The molecule has 0 aromatic heterocycles. The molecule has 0 saturated carbocycles. The Hall–Kier alpha value is -1.21. The lowest BCUT2D eigenvalue weighted by Crippen LogP contribution is -2.70. The third kappa shape index (κ3) is 6.12. The quantitative estimate of drug-likeness (QED) is 0.179. The average molecular weight is 544 g/mol. The normalized spacial score (nSPS) is 19.6. The summed E-state index contributed by atoms with van der Waals surface area (Å²) >= 11 is 0. The van der Waals surface area contributed by atoms with Crippen molar-refractivity contribution in [1.82, 2.24) is 0 Å². The molecule has 34 heavy (non-hydrogen) atoms. The first-order valence-electron chi connectivity index (χ1n) is 9.72. The van der Waals surface area contributed by atoms with Gasteiger partial charge in [-0.05, 0) is 25.3 Å². The van der Waals surface area contributed by atoms with Crippen molar-refractivity contribution in [3.8, 4) is 11.5 Å². The second-order valence-corrected chi connectivity index (χ2v) is 12.8. The van der Waals surface area contributed by atoms with Crippen LogP contribution in [0.15, 0.2) is 0 Å². The monoisotopic (exact) mass is 544 g/mol. The minimum atomic E-state index is -7.88. The molecule has 0 spiro atoms. The Labute approximate surface area is 187 Å². The summed E-state index contributed by atoms with van der Waals surface area (Å²) in [6.07, 6.45) is -7.99. The van der Waals surface area contributed by atoms with Gasteiger partial charge in [0, 0.05) is 13.0 Å². The fraction of sp³-hybridized carbons (Fsp3) is 0.889. The van der Waals surface area contributed by atoms with Gasteiger partial charge in [-0.3, -0.25) is 0 Å². The summed E-state index contributed by atoms with van der Waals surface area (Å²) in [5, 5.41) is 0. The highest BCUT2D eigenvalue weighted by molar-refractivity contribution is 6.85.